The molecule has 0 aromatic rings. The molecule has 1 heteroatoms. The van der Waals surface area contributed by atoms with Crippen molar-refractivity contribution in [3.05, 3.63) is 11.6 Å². The number of carbonyl (C=O) groups excluding carboxylic acids is 1. The second-order valence-electron chi connectivity index (χ2n) is 5.28. The summed E-state index contributed by atoms with van der Waals surface area (Å²) in [5.74, 6) is 0.891. The van der Waals surface area contributed by atoms with Gasteiger partial charge in [-0.2, -0.15) is 0 Å². The zero-order valence-corrected chi connectivity index (χ0v) is 9.84. The Balaban J connectivity index is 2.62. The number of carbonyl (C=O) groups is 1. The van der Waals surface area contributed by atoms with Gasteiger partial charge in [0.2, 0.25) is 0 Å². The molecule has 0 N–H and O–H groups in total. The quantitative estimate of drug-likeness (QED) is 0.493. The molecule has 0 saturated carbocycles. The maximum atomic E-state index is 10.6. The van der Waals surface area contributed by atoms with Crippen molar-refractivity contribution in [2.75, 3.05) is 0 Å². The van der Waals surface area contributed by atoms with Crippen LogP contribution in [0.1, 0.15) is 47.0 Å². The molecule has 0 aromatic heterocycles. The standard InChI is InChI=1S/C13H22O/c1-10(2)13(4)6-5-12(8-13)7-11(3)9-14/h8-11H,5-7H2,1-4H3/t11?,13-/m1/s1. The molecule has 0 aliphatic heterocycles. The Morgan fingerprint density at radius 2 is 2.14 bits per heavy atom. The molecule has 1 rings (SSSR count). The first-order valence-corrected chi connectivity index (χ1v) is 5.64. The minimum atomic E-state index is 0.191. The number of hydrogen-bond acceptors (Lipinski definition) is 1. The average Bonchev–Trinajstić information content (AvgIpc) is 2.49. The van der Waals surface area contributed by atoms with E-state index >= 15 is 0 Å². The van der Waals surface area contributed by atoms with Crippen LogP contribution >= 0.6 is 0 Å². The SMILES string of the molecule is CC(C=O)CC1=C[C@](C)(C(C)C)CC1. The molecule has 0 aromatic carbocycles. The highest BCUT2D eigenvalue weighted by molar-refractivity contribution is 5.53. The lowest BCUT2D eigenvalue weighted by atomic mass is 9.79. The average molecular weight is 194 g/mol. The van der Waals surface area contributed by atoms with Crippen LogP contribution in [0.4, 0.5) is 0 Å². The molecule has 1 aliphatic carbocycles. The molecule has 1 nitrogen and oxygen atoms in total. The molecule has 0 spiro atoms. The van der Waals surface area contributed by atoms with Gasteiger partial charge in [-0.1, -0.05) is 39.3 Å². The molecular weight excluding hydrogens is 172 g/mol. The zero-order valence-electron chi connectivity index (χ0n) is 9.84. The molecule has 80 valence electrons. The topological polar surface area (TPSA) is 17.1 Å². The summed E-state index contributed by atoms with van der Waals surface area (Å²) in [5, 5.41) is 0. The van der Waals surface area contributed by atoms with Crippen LogP contribution in [-0.4, -0.2) is 6.29 Å². The number of aldehydes is 1. The van der Waals surface area contributed by atoms with Crippen molar-refractivity contribution in [2.45, 2.75) is 47.0 Å². The van der Waals surface area contributed by atoms with Crippen molar-refractivity contribution < 1.29 is 4.79 Å². The van der Waals surface area contributed by atoms with Crippen molar-refractivity contribution in [3.63, 3.8) is 0 Å². The fourth-order valence-corrected chi connectivity index (χ4v) is 2.12. The van der Waals surface area contributed by atoms with Gasteiger partial charge in [0.05, 0.1) is 0 Å². The predicted molar refractivity (Wildman–Crippen MR) is 60.1 cm³/mol. The van der Waals surface area contributed by atoms with Crippen LogP contribution in [0.25, 0.3) is 0 Å². The van der Waals surface area contributed by atoms with E-state index in [9.17, 15) is 4.79 Å². The van der Waals surface area contributed by atoms with Gasteiger partial charge in [0, 0.05) is 5.92 Å². The molecule has 1 unspecified atom stereocenters. The van der Waals surface area contributed by atoms with Crippen LogP contribution in [0.5, 0.6) is 0 Å². The molecule has 0 bridgehead atoms. The molecule has 0 fully saturated rings. The first-order valence-electron chi connectivity index (χ1n) is 5.64. The molecular formula is C13H22O. The highest BCUT2D eigenvalue weighted by Crippen LogP contribution is 2.43. The summed E-state index contributed by atoms with van der Waals surface area (Å²) in [6, 6.07) is 0. The summed E-state index contributed by atoms with van der Waals surface area (Å²) in [6.07, 6.45) is 6.88. The van der Waals surface area contributed by atoms with E-state index in [0.717, 1.165) is 12.7 Å². The minimum absolute atomic E-state index is 0.191. The van der Waals surface area contributed by atoms with Crippen LogP contribution in [0.15, 0.2) is 11.6 Å². The Hall–Kier alpha value is -0.590. The third-order valence-electron chi connectivity index (χ3n) is 3.65. The highest BCUT2D eigenvalue weighted by atomic mass is 16.1. The number of allylic oxidation sites excluding steroid dienone is 2. The molecule has 2 atom stereocenters. The van der Waals surface area contributed by atoms with E-state index in [1.54, 1.807) is 0 Å². The Labute approximate surface area is 87.6 Å². The van der Waals surface area contributed by atoms with E-state index in [4.69, 9.17) is 0 Å². The summed E-state index contributed by atoms with van der Waals surface area (Å²) in [7, 11) is 0. The lowest BCUT2D eigenvalue weighted by molar-refractivity contribution is -0.110. The first kappa shape index (κ1) is 11.5. The largest absolute Gasteiger partial charge is 0.303 e. The third-order valence-corrected chi connectivity index (χ3v) is 3.65. The minimum Gasteiger partial charge on any atom is -0.303 e. The second kappa shape index (κ2) is 4.29. The second-order valence-corrected chi connectivity index (χ2v) is 5.28. The van der Waals surface area contributed by atoms with E-state index in [-0.39, 0.29) is 5.92 Å². The zero-order chi connectivity index (χ0) is 10.8. The monoisotopic (exact) mass is 194 g/mol. The normalized spacial score (nSPS) is 29.1. The van der Waals surface area contributed by atoms with E-state index in [1.807, 2.05) is 6.92 Å². The summed E-state index contributed by atoms with van der Waals surface area (Å²) < 4.78 is 0. The Bertz CT molecular complexity index is 240. The van der Waals surface area contributed by atoms with Gasteiger partial charge in [0.25, 0.3) is 0 Å². The summed E-state index contributed by atoms with van der Waals surface area (Å²) in [5.41, 5.74) is 1.86. The van der Waals surface area contributed by atoms with Gasteiger partial charge in [-0.3, -0.25) is 0 Å². The van der Waals surface area contributed by atoms with Crippen molar-refractivity contribution in [1.82, 2.24) is 0 Å². The molecule has 0 amide bonds. The van der Waals surface area contributed by atoms with Gasteiger partial charge in [-0.25, -0.2) is 0 Å². The predicted octanol–water partition coefficient (Wildman–Crippen LogP) is 3.59. The van der Waals surface area contributed by atoms with E-state index in [2.05, 4.69) is 26.8 Å². The van der Waals surface area contributed by atoms with Crippen LogP contribution in [-0.2, 0) is 4.79 Å². The highest BCUT2D eigenvalue weighted by Gasteiger charge is 2.31. The number of hydrogen-bond donors (Lipinski definition) is 0. The molecule has 0 saturated heterocycles. The molecule has 0 heterocycles. The van der Waals surface area contributed by atoms with Crippen molar-refractivity contribution in [3.8, 4) is 0 Å². The molecule has 1 aliphatic rings. The Morgan fingerprint density at radius 1 is 1.50 bits per heavy atom. The van der Waals surface area contributed by atoms with E-state index in [1.165, 1.54) is 18.4 Å². The van der Waals surface area contributed by atoms with Crippen molar-refractivity contribution >= 4 is 6.29 Å². The summed E-state index contributed by atoms with van der Waals surface area (Å²) in [4.78, 5) is 10.6. The van der Waals surface area contributed by atoms with Gasteiger partial charge in [-0.05, 0) is 30.6 Å². The lowest BCUT2D eigenvalue weighted by Crippen LogP contribution is -2.17. The van der Waals surface area contributed by atoms with Gasteiger partial charge >= 0.3 is 0 Å². The first-order chi connectivity index (χ1) is 6.48. The summed E-state index contributed by atoms with van der Waals surface area (Å²) >= 11 is 0. The molecule has 14 heavy (non-hydrogen) atoms. The van der Waals surface area contributed by atoms with Gasteiger partial charge in [-0.15, -0.1) is 0 Å². The smallest absolute Gasteiger partial charge is 0.123 e. The molecule has 0 radical (unpaired) electrons. The van der Waals surface area contributed by atoms with Crippen LogP contribution in [0, 0.1) is 17.3 Å². The van der Waals surface area contributed by atoms with Gasteiger partial charge in [0.15, 0.2) is 0 Å². The van der Waals surface area contributed by atoms with E-state index < -0.39 is 0 Å². The maximum absolute atomic E-state index is 10.6. The van der Waals surface area contributed by atoms with Crippen molar-refractivity contribution in [2.24, 2.45) is 17.3 Å². The maximum Gasteiger partial charge on any atom is 0.123 e. The Morgan fingerprint density at radius 3 is 2.57 bits per heavy atom. The van der Waals surface area contributed by atoms with Crippen LogP contribution < -0.4 is 0 Å². The fraction of sp³-hybridized carbons (Fsp3) is 0.769. The number of rotatable bonds is 4. The van der Waals surface area contributed by atoms with Gasteiger partial charge in [0.1, 0.15) is 6.29 Å². The lowest BCUT2D eigenvalue weighted by Gasteiger charge is -2.26. The van der Waals surface area contributed by atoms with Gasteiger partial charge < -0.3 is 4.79 Å². The third kappa shape index (κ3) is 2.46. The van der Waals surface area contributed by atoms with E-state index in [0.29, 0.717) is 11.3 Å². The fourth-order valence-electron chi connectivity index (χ4n) is 2.12. The van der Waals surface area contributed by atoms with Crippen LogP contribution in [0.2, 0.25) is 0 Å². The van der Waals surface area contributed by atoms with Crippen LogP contribution in [0.3, 0.4) is 0 Å². The Kier molecular flexibility index (Phi) is 3.52. The summed E-state index contributed by atoms with van der Waals surface area (Å²) in [6.45, 7) is 8.89. The van der Waals surface area contributed by atoms with Crippen molar-refractivity contribution in [1.29, 1.82) is 0 Å².